The molecule has 0 saturated heterocycles. The number of hydrogen-bond donors (Lipinski definition) is 0. The van der Waals surface area contributed by atoms with Crippen LogP contribution < -0.4 is 0 Å². The van der Waals surface area contributed by atoms with Gasteiger partial charge in [-0.2, -0.15) is 5.10 Å². The Labute approximate surface area is 112 Å². The molecule has 6 nitrogen and oxygen atoms in total. The van der Waals surface area contributed by atoms with E-state index in [1.807, 2.05) is 0 Å². The van der Waals surface area contributed by atoms with Crippen molar-refractivity contribution in [2.24, 2.45) is 0 Å². The van der Waals surface area contributed by atoms with Gasteiger partial charge < -0.3 is 0 Å². The van der Waals surface area contributed by atoms with Gasteiger partial charge in [-0.3, -0.25) is 14.8 Å². The number of rotatable bonds is 5. The molecule has 0 spiro atoms. The number of hydrogen-bond acceptors (Lipinski definition) is 4. The summed E-state index contributed by atoms with van der Waals surface area (Å²) in [5.41, 5.74) is 0.843. The van der Waals surface area contributed by atoms with Gasteiger partial charge in [-0.1, -0.05) is 15.9 Å². The average Bonchev–Trinajstić information content (AvgIpc) is 2.85. The second-order valence-electron chi connectivity index (χ2n) is 3.68. The van der Waals surface area contributed by atoms with Crippen molar-refractivity contribution in [1.82, 2.24) is 14.8 Å². The molecular formula is C11H11BrN4O2. The van der Waals surface area contributed by atoms with E-state index in [1.165, 1.54) is 12.1 Å². The molecule has 2 aromatic rings. The zero-order valence-electron chi connectivity index (χ0n) is 9.49. The Morgan fingerprint density at radius 3 is 2.67 bits per heavy atom. The highest BCUT2D eigenvalue weighted by molar-refractivity contribution is 9.09. The molecule has 0 saturated carbocycles. The molecule has 0 radical (unpaired) electrons. The molecule has 0 fully saturated rings. The van der Waals surface area contributed by atoms with E-state index >= 15 is 0 Å². The van der Waals surface area contributed by atoms with Crippen LogP contribution in [0.3, 0.4) is 0 Å². The van der Waals surface area contributed by atoms with Gasteiger partial charge in [0, 0.05) is 29.6 Å². The summed E-state index contributed by atoms with van der Waals surface area (Å²) >= 11 is 3.35. The molecule has 1 heterocycles. The van der Waals surface area contributed by atoms with Crippen molar-refractivity contribution in [2.75, 3.05) is 5.33 Å². The number of halogens is 1. The first-order valence-corrected chi connectivity index (χ1v) is 6.53. The minimum atomic E-state index is -0.425. The number of nitro benzene ring substituents is 1. The maximum atomic E-state index is 10.5. The lowest BCUT2D eigenvalue weighted by Crippen LogP contribution is -1.99. The Hall–Kier alpha value is -1.76. The van der Waals surface area contributed by atoms with Crippen molar-refractivity contribution in [1.29, 1.82) is 0 Å². The molecule has 0 aliphatic rings. The third-order valence-electron chi connectivity index (χ3n) is 2.39. The monoisotopic (exact) mass is 310 g/mol. The minimum Gasteiger partial charge on any atom is -0.258 e. The molecule has 0 bridgehead atoms. The van der Waals surface area contributed by atoms with Crippen LogP contribution in [-0.4, -0.2) is 25.0 Å². The third kappa shape index (κ3) is 2.92. The molecule has 1 aromatic heterocycles. The Kier molecular flexibility index (Phi) is 4.03. The molecule has 0 unspecified atom stereocenters. The summed E-state index contributed by atoms with van der Waals surface area (Å²) in [6.07, 6.45) is 2.64. The van der Waals surface area contributed by atoms with Crippen molar-refractivity contribution in [3.8, 4) is 11.4 Å². The van der Waals surface area contributed by atoms with Crippen LogP contribution >= 0.6 is 15.9 Å². The van der Waals surface area contributed by atoms with Crippen molar-refractivity contribution in [2.45, 2.75) is 13.0 Å². The summed E-state index contributed by atoms with van der Waals surface area (Å²) in [5, 5.41) is 15.8. The minimum absolute atomic E-state index is 0.0671. The van der Waals surface area contributed by atoms with Crippen molar-refractivity contribution < 1.29 is 4.92 Å². The third-order valence-corrected chi connectivity index (χ3v) is 2.95. The summed E-state index contributed by atoms with van der Waals surface area (Å²) in [7, 11) is 0. The van der Waals surface area contributed by atoms with E-state index in [1.54, 1.807) is 23.1 Å². The van der Waals surface area contributed by atoms with E-state index in [2.05, 4.69) is 26.0 Å². The van der Waals surface area contributed by atoms with Gasteiger partial charge in [0.05, 0.1) is 4.92 Å². The van der Waals surface area contributed by atoms with Crippen molar-refractivity contribution >= 4 is 21.6 Å². The highest BCUT2D eigenvalue weighted by Crippen LogP contribution is 2.18. The summed E-state index contributed by atoms with van der Waals surface area (Å²) in [6, 6.07) is 6.22. The van der Waals surface area contributed by atoms with Crippen LogP contribution in [0.25, 0.3) is 11.4 Å². The van der Waals surface area contributed by atoms with Crippen LogP contribution in [0.1, 0.15) is 6.42 Å². The van der Waals surface area contributed by atoms with Gasteiger partial charge in [-0.05, 0) is 18.6 Å². The summed E-state index contributed by atoms with van der Waals surface area (Å²) in [4.78, 5) is 14.3. The quantitative estimate of drug-likeness (QED) is 0.483. The van der Waals surface area contributed by atoms with E-state index < -0.39 is 4.92 Å². The molecule has 0 atom stereocenters. The van der Waals surface area contributed by atoms with E-state index in [4.69, 9.17) is 0 Å². The number of non-ortho nitro benzene ring substituents is 1. The maximum absolute atomic E-state index is 10.5. The highest BCUT2D eigenvalue weighted by atomic mass is 79.9. The fourth-order valence-corrected chi connectivity index (χ4v) is 1.74. The Bertz CT molecular complexity index is 538. The largest absolute Gasteiger partial charge is 0.269 e. The molecule has 1 aromatic carbocycles. The van der Waals surface area contributed by atoms with Gasteiger partial charge >= 0.3 is 0 Å². The summed E-state index contributed by atoms with van der Waals surface area (Å²) in [6.45, 7) is 0.797. The summed E-state index contributed by atoms with van der Waals surface area (Å²) in [5.74, 6) is 0.583. The lowest BCUT2D eigenvalue weighted by molar-refractivity contribution is -0.384. The molecule has 0 aliphatic heterocycles. The van der Waals surface area contributed by atoms with E-state index in [0.717, 1.165) is 23.9 Å². The predicted molar refractivity (Wildman–Crippen MR) is 70.5 cm³/mol. The molecule has 94 valence electrons. The number of nitro groups is 1. The molecule has 2 rings (SSSR count). The first-order valence-electron chi connectivity index (χ1n) is 5.41. The van der Waals surface area contributed by atoms with Crippen LogP contribution in [-0.2, 0) is 6.54 Å². The normalized spacial score (nSPS) is 10.5. The van der Waals surface area contributed by atoms with Crippen LogP contribution in [0.5, 0.6) is 0 Å². The first kappa shape index (κ1) is 12.7. The number of nitrogens with zero attached hydrogens (tertiary/aromatic N) is 4. The lowest BCUT2D eigenvalue weighted by atomic mass is 10.2. The fraction of sp³-hybridized carbons (Fsp3) is 0.273. The van der Waals surface area contributed by atoms with Crippen molar-refractivity contribution in [3.05, 3.63) is 40.7 Å². The number of benzene rings is 1. The molecule has 0 N–H and O–H groups in total. The predicted octanol–water partition coefficient (Wildman–Crippen LogP) is 2.64. The van der Waals surface area contributed by atoms with E-state index in [9.17, 15) is 10.1 Å². The number of aryl methyl sites for hydroxylation is 1. The van der Waals surface area contributed by atoms with Crippen LogP contribution in [0.4, 0.5) is 5.69 Å². The van der Waals surface area contributed by atoms with E-state index in [-0.39, 0.29) is 5.69 Å². The summed E-state index contributed by atoms with van der Waals surface area (Å²) < 4.78 is 1.76. The number of alkyl halides is 1. The Morgan fingerprint density at radius 1 is 1.33 bits per heavy atom. The van der Waals surface area contributed by atoms with Crippen LogP contribution in [0.15, 0.2) is 30.6 Å². The maximum Gasteiger partial charge on any atom is 0.269 e. The van der Waals surface area contributed by atoms with Crippen LogP contribution in [0.2, 0.25) is 0 Å². The highest BCUT2D eigenvalue weighted by Gasteiger charge is 2.08. The van der Waals surface area contributed by atoms with Gasteiger partial charge in [0.2, 0.25) is 0 Å². The lowest BCUT2D eigenvalue weighted by Gasteiger charge is -1.97. The first-order chi connectivity index (χ1) is 8.70. The molecule has 18 heavy (non-hydrogen) atoms. The molecular weight excluding hydrogens is 300 g/mol. The zero-order chi connectivity index (χ0) is 13.0. The van der Waals surface area contributed by atoms with Crippen LogP contribution in [0, 0.1) is 10.1 Å². The van der Waals surface area contributed by atoms with Gasteiger partial charge in [-0.25, -0.2) is 4.98 Å². The Balaban J connectivity index is 2.15. The van der Waals surface area contributed by atoms with Crippen molar-refractivity contribution in [3.63, 3.8) is 0 Å². The fourth-order valence-electron chi connectivity index (χ4n) is 1.49. The van der Waals surface area contributed by atoms with Gasteiger partial charge in [0.15, 0.2) is 5.82 Å². The topological polar surface area (TPSA) is 73.8 Å². The SMILES string of the molecule is O=[N+]([O-])c1ccc(-c2ncn(CCCBr)n2)cc1. The zero-order valence-corrected chi connectivity index (χ0v) is 11.1. The standard InChI is InChI=1S/C11H11BrN4O2/c12-6-1-7-15-8-13-11(14-15)9-2-4-10(5-3-9)16(17)18/h2-5,8H,1,6-7H2. The molecule has 7 heteroatoms. The van der Waals surface area contributed by atoms with E-state index in [0.29, 0.717) is 5.82 Å². The molecule has 0 amide bonds. The molecule has 0 aliphatic carbocycles. The van der Waals surface area contributed by atoms with Gasteiger partial charge in [0.25, 0.3) is 5.69 Å². The average molecular weight is 311 g/mol. The smallest absolute Gasteiger partial charge is 0.258 e. The Morgan fingerprint density at radius 2 is 2.06 bits per heavy atom. The van der Waals surface area contributed by atoms with Gasteiger partial charge in [-0.15, -0.1) is 0 Å². The van der Waals surface area contributed by atoms with Gasteiger partial charge in [0.1, 0.15) is 6.33 Å². The second-order valence-corrected chi connectivity index (χ2v) is 4.47. The second kappa shape index (κ2) is 5.72. The number of aromatic nitrogens is 3.